The number of benzene rings is 1. The van der Waals surface area contributed by atoms with Crippen molar-refractivity contribution >= 4 is 46.4 Å². The number of carbonyl (C=O) groups is 1. The molecule has 0 aromatic heterocycles. The Kier molecular flexibility index (Phi) is 8.15. The summed E-state index contributed by atoms with van der Waals surface area (Å²) in [5.74, 6) is 0.439. The summed E-state index contributed by atoms with van der Waals surface area (Å²) in [5, 5.41) is 5.72. The van der Waals surface area contributed by atoms with Gasteiger partial charge in [-0.15, -0.1) is 0 Å². The number of nitrogens with one attached hydrogen (secondary N) is 2. The lowest BCUT2D eigenvalue weighted by molar-refractivity contribution is -0.121. The molecule has 124 valence electrons. The first-order valence-electron chi connectivity index (χ1n) is 7.14. The van der Waals surface area contributed by atoms with E-state index in [0.717, 1.165) is 19.3 Å². The van der Waals surface area contributed by atoms with Crippen LogP contribution in [0.5, 0.6) is 5.75 Å². The molecule has 1 atom stereocenters. The van der Waals surface area contributed by atoms with Crippen LogP contribution in [0.15, 0.2) is 24.3 Å². The maximum atomic E-state index is 12.0. The highest BCUT2D eigenvalue weighted by atomic mass is 35.6. The molecule has 0 fully saturated rings. The summed E-state index contributed by atoms with van der Waals surface area (Å²) < 4.78 is 3.55. The van der Waals surface area contributed by atoms with E-state index in [1.54, 1.807) is 19.2 Å². The standard InChI is InChI=1S/C15H21Cl3N2O2/c1-3-4-5-10-13(21)20-14(15(16,17)18)19-11-8-6-7-9-12(11)22-2/h6-9,14,19H,3-5,10H2,1-2H3,(H,20,21)/t14-/m0/s1. The molecule has 22 heavy (non-hydrogen) atoms. The summed E-state index contributed by atoms with van der Waals surface area (Å²) in [5.41, 5.74) is 0.634. The zero-order valence-corrected chi connectivity index (χ0v) is 14.9. The van der Waals surface area contributed by atoms with Crippen LogP contribution in [0.25, 0.3) is 0 Å². The van der Waals surface area contributed by atoms with Gasteiger partial charge in [0.15, 0.2) is 0 Å². The van der Waals surface area contributed by atoms with Crippen molar-refractivity contribution in [3.8, 4) is 5.75 Å². The average Bonchev–Trinajstić information content (AvgIpc) is 2.46. The third kappa shape index (κ3) is 6.51. The molecule has 2 N–H and O–H groups in total. The second kappa shape index (κ2) is 9.33. The Balaban J connectivity index is 2.75. The molecular weight excluding hydrogens is 347 g/mol. The molecule has 0 radical (unpaired) electrons. The number of unbranched alkanes of at least 4 members (excludes halogenated alkanes) is 2. The molecule has 1 rings (SSSR count). The molecule has 0 aliphatic carbocycles. The molecule has 0 spiro atoms. The zero-order chi connectivity index (χ0) is 16.6. The van der Waals surface area contributed by atoms with Crippen molar-refractivity contribution in [3.05, 3.63) is 24.3 Å². The highest BCUT2D eigenvalue weighted by Crippen LogP contribution is 2.33. The molecule has 1 amide bonds. The monoisotopic (exact) mass is 366 g/mol. The summed E-state index contributed by atoms with van der Waals surface area (Å²) in [6.07, 6.45) is 2.39. The lowest BCUT2D eigenvalue weighted by Gasteiger charge is -2.28. The zero-order valence-electron chi connectivity index (χ0n) is 12.7. The first-order valence-corrected chi connectivity index (χ1v) is 8.27. The second-order valence-electron chi connectivity index (χ2n) is 4.84. The number of halogens is 3. The van der Waals surface area contributed by atoms with Crippen LogP contribution in [0.3, 0.4) is 0 Å². The summed E-state index contributed by atoms with van der Waals surface area (Å²) in [4.78, 5) is 12.0. The summed E-state index contributed by atoms with van der Waals surface area (Å²) >= 11 is 17.9. The summed E-state index contributed by atoms with van der Waals surface area (Å²) in [6.45, 7) is 2.07. The third-order valence-corrected chi connectivity index (χ3v) is 3.70. The molecule has 0 saturated carbocycles. The van der Waals surface area contributed by atoms with Gasteiger partial charge in [-0.05, 0) is 18.6 Å². The third-order valence-electron chi connectivity index (χ3n) is 3.05. The Morgan fingerprint density at radius 2 is 1.95 bits per heavy atom. The number of rotatable bonds is 8. The van der Waals surface area contributed by atoms with Gasteiger partial charge in [-0.25, -0.2) is 0 Å². The van der Waals surface area contributed by atoms with Gasteiger partial charge in [0, 0.05) is 6.42 Å². The van der Waals surface area contributed by atoms with Gasteiger partial charge in [0.1, 0.15) is 11.9 Å². The van der Waals surface area contributed by atoms with Gasteiger partial charge >= 0.3 is 0 Å². The lowest BCUT2D eigenvalue weighted by Crippen LogP contribution is -2.49. The number of alkyl halides is 3. The smallest absolute Gasteiger partial charge is 0.228 e. The number of ether oxygens (including phenoxy) is 1. The van der Waals surface area contributed by atoms with E-state index < -0.39 is 9.96 Å². The van der Waals surface area contributed by atoms with Gasteiger partial charge in [-0.1, -0.05) is 66.7 Å². The fourth-order valence-electron chi connectivity index (χ4n) is 1.89. The van der Waals surface area contributed by atoms with E-state index in [2.05, 4.69) is 17.6 Å². The van der Waals surface area contributed by atoms with E-state index in [1.807, 2.05) is 12.1 Å². The van der Waals surface area contributed by atoms with Crippen LogP contribution < -0.4 is 15.4 Å². The maximum absolute atomic E-state index is 12.0. The number of methoxy groups -OCH3 is 1. The minimum absolute atomic E-state index is 0.160. The van der Waals surface area contributed by atoms with Gasteiger partial charge in [0.2, 0.25) is 9.70 Å². The number of anilines is 1. The fraction of sp³-hybridized carbons (Fsp3) is 0.533. The molecule has 0 saturated heterocycles. The minimum atomic E-state index is -1.69. The predicted octanol–water partition coefficient (Wildman–Crippen LogP) is 4.50. The maximum Gasteiger partial charge on any atom is 0.228 e. The second-order valence-corrected chi connectivity index (χ2v) is 7.21. The Labute approximate surface area is 146 Å². The van der Waals surface area contributed by atoms with E-state index >= 15 is 0 Å². The average molecular weight is 368 g/mol. The number of amides is 1. The van der Waals surface area contributed by atoms with Crippen molar-refractivity contribution in [2.45, 2.75) is 42.6 Å². The number of hydrogen-bond acceptors (Lipinski definition) is 3. The van der Waals surface area contributed by atoms with E-state index in [4.69, 9.17) is 39.5 Å². The summed E-state index contributed by atoms with van der Waals surface area (Å²) in [6, 6.07) is 7.22. The topological polar surface area (TPSA) is 50.4 Å². The number of carbonyl (C=O) groups excluding carboxylic acids is 1. The molecule has 1 aromatic rings. The minimum Gasteiger partial charge on any atom is -0.495 e. The quantitative estimate of drug-likeness (QED) is 0.404. The molecule has 0 aliphatic rings. The SMILES string of the molecule is CCCCCC(=O)N[C@H](Nc1ccccc1OC)C(Cl)(Cl)Cl. The predicted molar refractivity (Wildman–Crippen MR) is 93.0 cm³/mol. The number of para-hydroxylation sites is 2. The first kappa shape index (κ1) is 19.2. The highest BCUT2D eigenvalue weighted by molar-refractivity contribution is 6.68. The highest BCUT2D eigenvalue weighted by Gasteiger charge is 2.34. The van der Waals surface area contributed by atoms with Gasteiger partial charge < -0.3 is 15.4 Å². The van der Waals surface area contributed by atoms with Crippen LogP contribution in [-0.4, -0.2) is 23.0 Å². The number of hydrogen-bond donors (Lipinski definition) is 2. The van der Waals surface area contributed by atoms with Crippen molar-refractivity contribution < 1.29 is 9.53 Å². The Bertz CT molecular complexity index is 478. The molecule has 0 heterocycles. The van der Waals surface area contributed by atoms with Crippen molar-refractivity contribution in [2.24, 2.45) is 0 Å². The van der Waals surface area contributed by atoms with E-state index in [-0.39, 0.29) is 5.91 Å². The fourth-order valence-corrected chi connectivity index (χ4v) is 2.22. The molecular formula is C15H21Cl3N2O2. The Morgan fingerprint density at radius 3 is 2.55 bits per heavy atom. The van der Waals surface area contributed by atoms with Gasteiger partial charge in [0.25, 0.3) is 0 Å². The molecule has 7 heteroatoms. The van der Waals surface area contributed by atoms with Crippen LogP contribution >= 0.6 is 34.8 Å². The van der Waals surface area contributed by atoms with Crippen molar-refractivity contribution in [1.29, 1.82) is 0 Å². The van der Waals surface area contributed by atoms with Gasteiger partial charge in [0.05, 0.1) is 12.8 Å². The van der Waals surface area contributed by atoms with E-state index in [9.17, 15) is 4.79 Å². The first-order chi connectivity index (χ1) is 10.4. The van der Waals surface area contributed by atoms with Crippen LogP contribution in [0.4, 0.5) is 5.69 Å². The van der Waals surface area contributed by atoms with Crippen molar-refractivity contribution in [1.82, 2.24) is 5.32 Å². The largest absolute Gasteiger partial charge is 0.495 e. The normalized spacial score (nSPS) is 12.6. The van der Waals surface area contributed by atoms with Crippen LogP contribution in [-0.2, 0) is 4.79 Å². The van der Waals surface area contributed by atoms with Crippen LogP contribution in [0.2, 0.25) is 0 Å². The molecule has 4 nitrogen and oxygen atoms in total. The molecule has 1 aromatic carbocycles. The Morgan fingerprint density at radius 1 is 1.27 bits per heavy atom. The summed E-state index contributed by atoms with van der Waals surface area (Å²) in [7, 11) is 1.55. The molecule has 0 aliphatic heterocycles. The van der Waals surface area contributed by atoms with Crippen LogP contribution in [0.1, 0.15) is 32.6 Å². The van der Waals surface area contributed by atoms with Crippen molar-refractivity contribution in [3.63, 3.8) is 0 Å². The molecule has 0 unspecified atom stereocenters. The van der Waals surface area contributed by atoms with Crippen molar-refractivity contribution in [2.75, 3.05) is 12.4 Å². The Hall–Kier alpha value is -0.840. The van der Waals surface area contributed by atoms with E-state index in [0.29, 0.717) is 17.9 Å². The lowest BCUT2D eigenvalue weighted by atomic mass is 10.2. The molecule has 0 bridgehead atoms. The van der Waals surface area contributed by atoms with Gasteiger partial charge in [-0.2, -0.15) is 0 Å². The van der Waals surface area contributed by atoms with E-state index in [1.165, 1.54) is 0 Å². The van der Waals surface area contributed by atoms with Gasteiger partial charge in [-0.3, -0.25) is 4.79 Å². The van der Waals surface area contributed by atoms with Crippen LogP contribution in [0, 0.1) is 0 Å².